The summed E-state index contributed by atoms with van der Waals surface area (Å²) in [6.45, 7) is 0.256. The highest BCUT2D eigenvalue weighted by atomic mass is 35.5. The Kier molecular flexibility index (Phi) is 4.34. The number of hydrogen-bond acceptors (Lipinski definition) is 7. The van der Waals surface area contributed by atoms with E-state index in [1.54, 1.807) is 36.2 Å². The van der Waals surface area contributed by atoms with Crippen molar-refractivity contribution in [1.82, 2.24) is 15.0 Å². The molecular formula is C15H18ClN5O3S. The van der Waals surface area contributed by atoms with Crippen molar-refractivity contribution in [3.63, 3.8) is 0 Å². The minimum Gasteiger partial charge on any atom is -0.349 e. The molecule has 1 aromatic carbocycles. The quantitative estimate of drug-likeness (QED) is 0.851. The van der Waals surface area contributed by atoms with Crippen LogP contribution in [0.2, 0.25) is 0 Å². The molecule has 25 heavy (non-hydrogen) atoms. The molecule has 2 N–H and O–H groups in total. The van der Waals surface area contributed by atoms with Gasteiger partial charge in [0.15, 0.2) is 11.7 Å². The third kappa shape index (κ3) is 2.92. The van der Waals surface area contributed by atoms with Crippen LogP contribution in [0.3, 0.4) is 0 Å². The van der Waals surface area contributed by atoms with Crippen LogP contribution >= 0.6 is 12.4 Å². The van der Waals surface area contributed by atoms with E-state index >= 15 is 0 Å². The molecule has 2 aliphatic rings. The van der Waals surface area contributed by atoms with Crippen LogP contribution in [0.25, 0.3) is 0 Å². The number of hydrogen-bond donors (Lipinski definition) is 1. The molecule has 0 atom stereocenters. The molecule has 1 saturated carbocycles. The number of halogens is 1. The summed E-state index contributed by atoms with van der Waals surface area (Å²) in [5.74, 6) is 1.27. The van der Waals surface area contributed by atoms with Crippen molar-refractivity contribution in [3.05, 3.63) is 41.5 Å². The molecule has 8 nitrogen and oxygen atoms in total. The van der Waals surface area contributed by atoms with Crippen LogP contribution in [0.4, 0.5) is 0 Å². The lowest BCUT2D eigenvalue weighted by Crippen LogP contribution is -2.44. The van der Waals surface area contributed by atoms with Crippen LogP contribution in [-0.4, -0.2) is 36.3 Å². The van der Waals surface area contributed by atoms with Gasteiger partial charge in [-0.15, -0.1) is 16.8 Å². The normalized spacial score (nSPS) is 19.4. The Labute approximate surface area is 151 Å². The van der Waals surface area contributed by atoms with Gasteiger partial charge < -0.3 is 15.2 Å². The summed E-state index contributed by atoms with van der Waals surface area (Å²) in [7, 11) is -1.91. The number of amidine groups is 1. The molecule has 0 saturated heterocycles. The summed E-state index contributed by atoms with van der Waals surface area (Å²) in [6.07, 6.45) is 2.76. The summed E-state index contributed by atoms with van der Waals surface area (Å²) in [5.41, 5.74) is 6.28. The number of aromatic nitrogens is 2. The molecule has 10 heteroatoms. The number of fused-ring (bicyclic) bond motifs is 1. The largest absolute Gasteiger partial charge is 0.349 e. The van der Waals surface area contributed by atoms with E-state index in [1.165, 1.54) is 0 Å². The Morgan fingerprint density at radius 3 is 2.72 bits per heavy atom. The van der Waals surface area contributed by atoms with Gasteiger partial charge in [-0.2, -0.15) is 13.4 Å². The molecule has 134 valence electrons. The number of nitrogens with two attached hydrogens (primary N) is 1. The summed E-state index contributed by atoms with van der Waals surface area (Å²) < 4.78 is 33.4. The Hall–Kier alpha value is -1.97. The third-order valence-electron chi connectivity index (χ3n) is 4.51. The maximum atomic E-state index is 12.1. The van der Waals surface area contributed by atoms with Crippen molar-refractivity contribution < 1.29 is 12.9 Å². The average Bonchev–Trinajstić information content (AvgIpc) is 3.09. The minimum atomic E-state index is -3.65. The van der Waals surface area contributed by atoms with Crippen molar-refractivity contribution in [2.24, 2.45) is 10.1 Å². The van der Waals surface area contributed by atoms with Crippen LogP contribution in [0.15, 0.2) is 38.1 Å². The highest BCUT2D eigenvalue weighted by molar-refractivity contribution is 7.90. The Morgan fingerprint density at radius 1 is 1.32 bits per heavy atom. The van der Waals surface area contributed by atoms with Gasteiger partial charge in [-0.3, -0.25) is 0 Å². The maximum absolute atomic E-state index is 12.1. The van der Waals surface area contributed by atoms with E-state index in [0.717, 1.165) is 19.3 Å². The zero-order valence-corrected chi connectivity index (χ0v) is 15.2. The van der Waals surface area contributed by atoms with E-state index in [9.17, 15) is 8.42 Å². The second kappa shape index (κ2) is 6.08. The van der Waals surface area contributed by atoms with Gasteiger partial charge in [0, 0.05) is 12.6 Å². The molecule has 0 spiro atoms. The van der Waals surface area contributed by atoms with Gasteiger partial charge in [-0.25, -0.2) is 0 Å². The summed E-state index contributed by atoms with van der Waals surface area (Å²) in [6, 6.07) is 6.74. The fourth-order valence-electron chi connectivity index (χ4n) is 2.94. The minimum absolute atomic E-state index is 0. The van der Waals surface area contributed by atoms with Crippen molar-refractivity contribution in [2.75, 3.05) is 7.05 Å². The Balaban J connectivity index is 0.00000182. The van der Waals surface area contributed by atoms with Crippen molar-refractivity contribution in [1.29, 1.82) is 0 Å². The summed E-state index contributed by atoms with van der Waals surface area (Å²) in [4.78, 5) is 6.26. The molecule has 0 amide bonds. The second-order valence-electron chi connectivity index (χ2n) is 6.26. The van der Waals surface area contributed by atoms with Crippen molar-refractivity contribution in [2.45, 2.75) is 36.2 Å². The topological polar surface area (TPSA) is 115 Å². The van der Waals surface area contributed by atoms with Gasteiger partial charge in [0.25, 0.3) is 10.0 Å². The Morgan fingerprint density at radius 2 is 2.04 bits per heavy atom. The summed E-state index contributed by atoms with van der Waals surface area (Å²) in [5, 5.41) is 3.97. The van der Waals surface area contributed by atoms with E-state index in [-0.39, 0.29) is 23.8 Å². The standard InChI is InChI=1S/C15H17N5O3S.ClH/c1-20(9-12-17-14(18-23-12)15(16)7-4-8-15)13-10-5-2-3-6-11(10)24(21,22)19-13;/h2-3,5-6H,4,7-9,16H2,1H3;1H. The van der Waals surface area contributed by atoms with Crippen LogP contribution in [0.5, 0.6) is 0 Å². The number of sulfonamides is 1. The van der Waals surface area contributed by atoms with Crippen LogP contribution < -0.4 is 5.73 Å². The first kappa shape index (κ1) is 17.8. The Bertz CT molecular complexity index is 936. The highest BCUT2D eigenvalue weighted by Crippen LogP contribution is 2.37. The first-order valence-electron chi connectivity index (χ1n) is 7.66. The van der Waals surface area contributed by atoms with Gasteiger partial charge in [0.2, 0.25) is 5.89 Å². The molecule has 0 radical (unpaired) electrons. The van der Waals surface area contributed by atoms with Gasteiger partial charge in [0.05, 0.1) is 12.1 Å². The van der Waals surface area contributed by atoms with Crippen LogP contribution in [0.1, 0.15) is 36.5 Å². The van der Waals surface area contributed by atoms with Crippen LogP contribution in [0, 0.1) is 0 Å². The molecule has 2 heterocycles. The molecule has 1 aliphatic carbocycles. The molecule has 0 unspecified atom stereocenters. The molecular weight excluding hydrogens is 366 g/mol. The zero-order valence-electron chi connectivity index (χ0n) is 13.5. The second-order valence-corrected chi connectivity index (χ2v) is 7.84. The zero-order chi connectivity index (χ0) is 16.9. The van der Waals surface area contributed by atoms with Gasteiger partial charge in [-0.05, 0) is 31.4 Å². The molecule has 1 fully saturated rings. The van der Waals surface area contributed by atoms with Crippen LogP contribution in [-0.2, 0) is 22.1 Å². The predicted octanol–water partition coefficient (Wildman–Crippen LogP) is 1.41. The summed E-state index contributed by atoms with van der Waals surface area (Å²) >= 11 is 0. The lowest BCUT2D eigenvalue weighted by molar-refractivity contribution is 0.228. The predicted molar refractivity (Wildman–Crippen MR) is 92.9 cm³/mol. The fourth-order valence-corrected chi connectivity index (χ4v) is 4.20. The third-order valence-corrected chi connectivity index (χ3v) is 5.83. The molecule has 4 rings (SSSR count). The molecule has 1 aliphatic heterocycles. The van der Waals surface area contributed by atoms with E-state index < -0.39 is 15.6 Å². The number of nitrogens with zero attached hydrogens (tertiary/aromatic N) is 4. The SMILES string of the molecule is CN(Cc1nc(C2(N)CCC2)no1)C1=NS(=O)(=O)c2ccccc21.Cl. The van der Waals surface area contributed by atoms with Gasteiger partial charge in [-0.1, -0.05) is 17.3 Å². The molecule has 1 aromatic heterocycles. The van der Waals surface area contributed by atoms with E-state index in [2.05, 4.69) is 14.5 Å². The first-order chi connectivity index (χ1) is 11.4. The van der Waals surface area contributed by atoms with Crippen molar-refractivity contribution in [3.8, 4) is 0 Å². The van der Waals surface area contributed by atoms with Crippen molar-refractivity contribution >= 4 is 28.3 Å². The van der Waals surface area contributed by atoms with E-state index in [0.29, 0.717) is 23.1 Å². The lowest BCUT2D eigenvalue weighted by Gasteiger charge is -2.34. The van der Waals surface area contributed by atoms with E-state index in [1.807, 2.05) is 0 Å². The highest BCUT2D eigenvalue weighted by Gasteiger charge is 2.39. The average molecular weight is 384 g/mol. The first-order valence-corrected chi connectivity index (χ1v) is 9.10. The monoisotopic (exact) mass is 383 g/mol. The van der Waals surface area contributed by atoms with E-state index in [4.69, 9.17) is 10.3 Å². The lowest BCUT2D eigenvalue weighted by atomic mass is 9.77. The maximum Gasteiger partial charge on any atom is 0.285 e. The number of benzene rings is 1. The smallest absolute Gasteiger partial charge is 0.285 e. The number of rotatable bonds is 3. The molecule has 0 bridgehead atoms. The van der Waals surface area contributed by atoms with Gasteiger partial charge >= 0.3 is 0 Å². The van der Waals surface area contributed by atoms with Gasteiger partial charge in [0.1, 0.15) is 4.90 Å². The fraction of sp³-hybridized carbons (Fsp3) is 0.400. The molecule has 2 aromatic rings.